The van der Waals surface area contributed by atoms with Crippen LogP contribution in [-0.2, 0) is 19.2 Å². The van der Waals surface area contributed by atoms with Gasteiger partial charge in [-0.3, -0.25) is 0 Å². The maximum Gasteiger partial charge on any atom is 0.343 e. The lowest BCUT2D eigenvalue weighted by Gasteiger charge is -2.00. The van der Waals surface area contributed by atoms with Crippen molar-refractivity contribution in [3.8, 4) is 0 Å². The van der Waals surface area contributed by atoms with Crippen molar-refractivity contribution in [1.29, 1.82) is 0 Å². The molecule has 0 unspecified atom stereocenters. The van der Waals surface area contributed by atoms with Crippen LogP contribution in [0.25, 0.3) is 12.2 Å². The van der Waals surface area contributed by atoms with E-state index in [1.165, 1.54) is 24.3 Å². The second kappa shape index (κ2) is 6.84. The first-order valence-electron chi connectivity index (χ1n) is 5.69. The molecule has 0 aromatic heterocycles. The summed E-state index contributed by atoms with van der Waals surface area (Å²) in [5, 5.41) is 34.8. The van der Waals surface area contributed by atoms with E-state index in [-0.39, 0.29) is 11.1 Å². The lowest BCUT2D eigenvalue weighted by atomic mass is 10.1. The number of benzene rings is 1. The Hall–Kier alpha value is -3.42. The van der Waals surface area contributed by atoms with Gasteiger partial charge in [0.1, 0.15) is 11.1 Å². The van der Waals surface area contributed by atoms with Crippen LogP contribution in [0, 0.1) is 0 Å². The van der Waals surface area contributed by atoms with Crippen molar-refractivity contribution < 1.29 is 39.6 Å². The molecule has 0 amide bonds. The number of carboxylic acid groups (broad SMARTS) is 4. The number of hydrogen-bond acceptors (Lipinski definition) is 4. The predicted molar refractivity (Wildman–Crippen MR) is 72.9 cm³/mol. The molecule has 114 valence electrons. The molecule has 1 aromatic carbocycles. The van der Waals surface area contributed by atoms with Crippen LogP contribution in [0.3, 0.4) is 0 Å². The Morgan fingerprint density at radius 2 is 0.818 bits per heavy atom. The van der Waals surface area contributed by atoms with Gasteiger partial charge in [-0.25, -0.2) is 19.2 Å². The van der Waals surface area contributed by atoms with Gasteiger partial charge >= 0.3 is 23.9 Å². The Morgan fingerprint density at radius 3 is 1.00 bits per heavy atom. The molecule has 4 N–H and O–H groups in total. The van der Waals surface area contributed by atoms with E-state index in [1.54, 1.807) is 0 Å². The molecule has 22 heavy (non-hydrogen) atoms. The van der Waals surface area contributed by atoms with Crippen LogP contribution in [0.2, 0.25) is 0 Å². The van der Waals surface area contributed by atoms with Crippen molar-refractivity contribution in [2.24, 2.45) is 0 Å². The summed E-state index contributed by atoms with van der Waals surface area (Å²) in [6.07, 6.45) is 1.85. The van der Waals surface area contributed by atoms with Crippen LogP contribution in [0.4, 0.5) is 0 Å². The van der Waals surface area contributed by atoms with Crippen LogP contribution >= 0.6 is 0 Å². The van der Waals surface area contributed by atoms with Gasteiger partial charge in [-0.1, -0.05) is 24.3 Å². The number of hydrogen-bond donors (Lipinski definition) is 4. The van der Waals surface area contributed by atoms with Crippen molar-refractivity contribution in [3.63, 3.8) is 0 Å². The molecule has 8 heteroatoms. The third-order valence-corrected chi connectivity index (χ3v) is 2.48. The van der Waals surface area contributed by atoms with Gasteiger partial charge in [-0.15, -0.1) is 0 Å². The first-order chi connectivity index (χ1) is 10.2. The molecule has 0 aliphatic rings. The van der Waals surface area contributed by atoms with Crippen LogP contribution in [0.15, 0.2) is 35.4 Å². The van der Waals surface area contributed by atoms with Crippen LogP contribution in [0.1, 0.15) is 11.1 Å². The molecule has 1 aromatic rings. The smallest absolute Gasteiger partial charge is 0.343 e. The second-order valence-electron chi connectivity index (χ2n) is 4.00. The monoisotopic (exact) mass is 306 g/mol. The molecule has 0 aliphatic carbocycles. The van der Waals surface area contributed by atoms with Gasteiger partial charge in [0.25, 0.3) is 0 Å². The first-order valence-corrected chi connectivity index (χ1v) is 5.69. The fraction of sp³-hybridized carbons (Fsp3) is 0. The molecule has 8 nitrogen and oxygen atoms in total. The van der Waals surface area contributed by atoms with Crippen molar-refractivity contribution >= 4 is 36.0 Å². The topological polar surface area (TPSA) is 149 Å². The summed E-state index contributed by atoms with van der Waals surface area (Å²) in [6.45, 7) is 0. The van der Waals surface area contributed by atoms with Gasteiger partial charge in [0.2, 0.25) is 0 Å². The Balaban J connectivity index is 3.15. The Kier molecular flexibility index (Phi) is 5.17. The summed E-state index contributed by atoms with van der Waals surface area (Å²) >= 11 is 0. The first kappa shape index (κ1) is 16.6. The molecular weight excluding hydrogens is 296 g/mol. The van der Waals surface area contributed by atoms with Crippen molar-refractivity contribution in [2.45, 2.75) is 0 Å². The average molecular weight is 306 g/mol. The molecule has 0 radical (unpaired) electrons. The Bertz CT molecular complexity index is 601. The van der Waals surface area contributed by atoms with Crippen LogP contribution < -0.4 is 0 Å². The minimum absolute atomic E-state index is 0.254. The quantitative estimate of drug-likeness (QED) is 0.342. The Morgan fingerprint density at radius 1 is 0.591 bits per heavy atom. The fourth-order valence-corrected chi connectivity index (χ4v) is 1.45. The van der Waals surface area contributed by atoms with E-state index in [9.17, 15) is 19.2 Å². The number of aliphatic carboxylic acids is 4. The largest absolute Gasteiger partial charge is 0.477 e. The SMILES string of the molecule is O=C(O)C(=Cc1ccc(C=C(C(=O)O)C(=O)O)cc1)C(=O)O. The molecule has 0 spiro atoms. The summed E-state index contributed by atoms with van der Waals surface area (Å²) in [5.74, 6) is -6.41. The van der Waals surface area contributed by atoms with Gasteiger partial charge in [0.05, 0.1) is 0 Å². The molecular formula is C14H10O8. The normalized spacial score (nSPS) is 9.45. The van der Waals surface area contributed by atoms with E-state index in [2.05, 4.69) is 0 Å². The molecule has 0 saturated heterocycles. The minimum Gasteiger partial charge on any atom is -0.477 e. The van der Waals surface area contributed by atoms with E-state index >= 15 is 0 Å². The summed E-state index contributed by atoms with van der Waals surface area (Å²) in [4.78, 5) is 42.9. The highest BCUT2D eigenvalue weighted by molar-refractivity contribution is 6.17. The van der Waals surface area contributed by atoms with Crippen molar-refractivity contribution in [1.82, 2.24) is 0 Å². The molecule has 0 bridgehead atoms. The summed E-state index contributed by atoms with van der Waals surface area (Å²) < 4.78 is 0. The number of carbonyl (C=O) groups is 4. The maximum absolute atomic E-state index is 10.7. The summed E-state index contributed by atoms with van der Waals surface area (Å²) in [7, 11) is 0. The van der Waals surface area contributed by atoms with Gasteiger partial charge in [-0.2, -0.15) is 0 Å². The van der Waals surface area contributed by atoms with E-state index < -0.39 is 35.0 Å². The average Bonchev–Trinajstić information content (AvgIpc) is 2.42. The van der Waals surface area contributed by atoms with E-state index in [4.69, 9.17) is 20.4 Å². The third kappa shape index (κ3) is 4.30. The fourth-order valence-electron chi connectivity index (χ4n) is 1.45. The second-order valence-corrected chi connectivity index (χ2v) is 4.00. The van der Waals surface area contributed by atoms with Gasteiger partial charge in [0, 0.05) is 0 Å². The van der Waals surface area contributed by atoms with Crippen LogP contribution in [-0.4, -0.2) is 44.3 Å². The Labute approximate surface area is 123 Å². The highest BCUT2D eigenvalue weighted by Crippen LogP contribution is 2.13. The van der Waals surface area contributed by atoms with Gasteiger partial charge in [-0.05, 0) is 23.3 Å². The summed E-state index contributed by atoms with van der Waals surface area (Å²) in [6, 6.07) is 5.33. The maximum atomic E-state index is 10.7. The molecule has 1 rings (SSSR count). The van der Waals surface area contributed by atoms with Crippen molar-refractivity contribution in [2.75, 3.05) is 0 Å². The minimum atomic E-state index is -1.60. The number of rotatable bonds is 6. The standard InChI is InChI=1S/C14H10O8/c15-11(16)9(12(17)18)5-7-1-2-8(4-3-7)6-10(13(19)20)14(21)22/h1-6H,(H,15,16)(H,17,18)(H,19,20)(H,21,22). The lowest BCUT2D eigenvalue weighted by Crippen LogP contribution is -2.11. The molecule has 0 fully saturated rings. The zero-order chi connectivity index (χ0) is 16.9. The molecule has 0 saturated carbocycles. The highest BCUT2D eigenvalue weighted by atomic mass is 16.4. The molecule has 0 heterocycles. The third-order valence-electron chi connectivity index (χ3n) is 2.48. The summed E-state index contributed by atoms with van der Waals surface area (Å²) in [5.41, 5.74) is -1.16. The van der Waals surface area contributed by atoms with E-state index in [1.807, 2.05) is 0 Å². The van der Waals surface area contributed by atoms with Crippen LogP contribution in [0.5, 0.6) is 0 Å². The zero-order valence-corrected chi connectivity index (χ0v) is 10.9. The lowest BCUT2D eigenvalue weighted by molar-refractivity contribution is -0.142. The molecule has 0 aliphatic heterocycles. The molecule has 0 atom stereocenters. The van der Waals surface area contributed by atoms with E-state index in [0.29, 0.717) is 0 Å². The predicted octanol–water partition coefficient (Wildman–Crippen LogP) is 0.792. The van der Waals surface area contributed by atoms with E-state index in [0.717, 1.165) is 12.2 Å². The van der Waals surface area contributed by atoms with Gasteiger partial charge < -0.3 is 20.4 Å². The van der Waals surface area contributed by atoms with Gasteiger partial charge in [0.15, 0.2) is 0 Å². The van der Waals surface area contributed by atoms with Crippen molar-refractivity contribution in [3.05, 3.63) is 46.5 Å². The highest BCUT2D eigenvalue weighted by Gasteiger charge is 2.16. The number of carboxylic acids is 4. The zero-order valence-electron chi connectivity index (χ0n) is 10.9.